The second-order valence-corrected chi connectivity index (χ2v) is 6.01. The summed E-state index contributed by atoms with van der Waals surface area (Å²) in [6.07, 6.45) is 0. The van der Waals surface area contributed by atoms with Gasteiger partial charge in [-0.15, -0.1) is 0 Å². The van der Waals surface area contributed by atoms with E-state index in [1.165, 1.54) is 24.3 Å². The second-order valence-electron chi connectivity index (χ2n) is 6.01. The monoisotopic (exact) mass is 360 g/mol. The third-order valence-corrected chi connectivity index (χ3v) is 4.22. The Morgan fingerprint density at radius 2 is 1.56 bits per heavy atom. The number of rotatable bonds is 3. The van der Waals surface area contributed by atoms with Crippen molar-refractivity contribution in [3.05, 3.63) is 96.1 Å². The van der Waals surface area contributed by atoms with Crippen LogP contribution in [0.4, 0.5) is 14.5 Å². The van der Waals surface area contributed by atoms with Crippen LogP contribution in [0, 0.1) is 11.6 Å². The third kappa shape index (κ3) is 3.40. The van der Waals surface area contributed by atoms with Crippen LogP contribution in [0.3, 0.4) is 0 Å². The molecule has 0 aliphatic carbocycles. The van der Waals surface area contributed by atoms with Gasteiger partial charge in [-0.1, -0.05) is 30.3 Å². The van der Waals surface area contributed by atoms with Crippen LogP contribution in [0.2, 0.25) is 0 Å². The lowest BCUT2D eigenvalue weighted by molar-refractivity contribution is 0.102. The molecule has 4 rings (SSSR count). The normalized spacial score (nSPS) is 10.7. The number of amides is 1. The molecule has 0 spiro atoms. The number of aromatic nitrogens is 1. The first kappa shape index (κ1) is 16.8. The molecule has 3 aromatic carbocycles. The van der Waals surface area contributed by atoms with Crippen molar-refractivity contribution in [3.8, 4) is 11.3 Å². The highest BCUT2D eigenvalue weighted by Crippen LogP contribution is 2.26. The van der Waals surface area contributed by atoms with Crippen molar-refractivity contribution in [1.82, 2.24) is 4.98 Å². The van der Waals surface area contributed by atoms with Crippen molar-refractivity contribution in [2.45, 2.75) is 0 Å². The van der Waals surface area contributed by atoms with E-state index in [0.717, 1.165) is 0 Å². The highest BCUT2D eigenvalue weighted by atomic mass is 19.1. The minimum Gasteiger partial charge on any atom is -0.319 e. The smallest absolute Gasteiger partial charge is 0.256 e. The van der Waals surface area contributed by atoms with Gasteiger partial charge in [-0.3, -0.25) is 4.79 Å². The van der Waals surface area contributed by atoms with Crippen molar-refractivity contribution in [2.24, 2.45) is 0 Å². The highest BCUT2D eigenvalue weighted by Gasteiger charge is 2.15. The van der Waals surface area contributed by atoms with E-state index in [0.29, 0.717) is 27.7 Å². The molecule has 0 unspecified atom stereocenters. The van der Waals surface area contributed by atoms with E-state index in [2.05, 4.69) is 10.3 Å². The summed E-state index contributed by atoms with van der Waals surface area (Å²) in [4.78, 5) is 17.4. The van der Waals surface area contributed by atoms with Crippen LogP contribution in [-0.2, 0) is 0 Å². The molecular weight excluding hydrogens is 346 g/mol. The number of para-hydroxylation sites is 2. The zero-order chi connectivity index (χ0) is 18.8. The Kier molecular flexibility index (Phi) is 4.34. The van der Waals surface area contributed by atoms with E-state index in [1.807, 2.05) is 12.1 Å². The molecule has 0 fully saturated rings. The minimum atomic E-state index is -0.511. The average Bonchev–Trinajstić information content (AvgIpc) is 2.69. The number of benzene rings is 3. The van der Waals surface area contributed by atoms with Crippen LogP contribution in [0.5, 0.6) is 0 Å². The number of fused-ring (bicyclic) bond motifs is 1. The summed E-state index contributed by atoms with van der Waals surface area (Å²) in [5.74, 6) is -1.30. The quantitative estimate of drug-likeness (QED) is 0.529. The van der Waals surface area contributed by atoms with Crippen LogP contribution >= 0.6 is 0 Å². The standard InChI is InChI=1S/C22H14F2N2O/c23-15-11-9-14(10-12-15)21-13-17(16-5-1-3-7-19(16)25-21)22(27)26-20-8-4-2-6-18(20)24/h1-13H,(H,26,27). The third-order valence-electron chi connectivity index (χ3n) is 4.22. The summed E-state index contributed by atoms with van der Waals surface area (Å²) in [6, 6.07) is 20.7. The van der Waals surface area contributed by atoms with E-state index in [1.54, 1.807) is 42.5 Å². The molecule has 132 valence electrons. The SMILES string of the molecule is O=C(Nc1ccccc1F)c1cc(-c2ccc(F)cc2)nc2ccccc12. The number of halogens is 2. The van der Waals surface area contributed by atoms with E-state index in [9.17, 15) is 13.6 Å². The number of carbonyl (C=O) groups excluding carboxylic acids is 1. The summed E-state index contributed by atoms with van der Waals surface area (Å²) in [5.41, 5.74) is 2.31. The molecule has 0 aliphatic rings. The van der Waals surface area contributed by atoms with Gasteiger partial charge in [0, 0.05) is 10.9 Å². The molecule has 0 saturated heterocycles. The van der Waals surface area contributed by atoms with Gasteiger partial charge < -0.3 is 5.32 Å². The molecule has 1 aromatic heterocycles. The fourth-order valence-electron chi connectivity index (χ4n) is 2.88. The number of pyridine rings is 1. The zero-order valence-corrected chi connectivity index (χ0v) is 14.1. The molecule has 1 heterocycles. The molecule has 27 heavy (non-hydrogen) atoms. The second kappa shape index (κ2) is 6.96. The van der Waals surface area contributed by atoms with Crippen LogP contribution in [0.15, 0.2) is 78.9 Å². The number of nitrogens with one attached hydrogen (secondary N) is 1. The molecule has 1 N–H and O–H groups in total. The van der Waals surface area contributed by atoms with Crippen molar-refractivity contribution < 1.29 is 13.6 Å². The van der Waals surface area contributed by atoms with E-state index in [-0.39, 0.29) is 11.5 Å². The first-order valence-electron chi connectivity index (χ1n) is 8.33. The molecule has 0 saturated carbocycles. The topological polar surface area (TPSA) is 42.0 Å². The maximum absolute atomic E-state index is 13.9. The zero-order valence-electron chi connectivity index (χ0n) is 14.1. The molecule has 0 aliphatic heterocycles. The van der Waals surface area contributed by atoms with Gasteiger partial charge >= 0.3 is 0 Å². The van der Waals surface area contributed by atoms with E-state index < -0.39 is 11.7 Å². The van der Waals surface area contributed by atoms with E-state index >= 15 is 0 Å². The maximum Gasteiger partial charge on any atom is 0.256 e. The number of anilines is 1. The molecule has 4 aromatic rings. The van der Waals surface area contributed by atoms with Gasteiger partial charge in [-0.2, -0.15) is 0 Å². The van der Waals surface area contributed by atoms with Crippen molar-refractivity contribution >= 4 is 22.5 Å². The Bertz CT molecular complexity index is 1140. The Hall–Kier alpha value is -3.60. The van der Waals surface area contributed by atoms with Gasteiger partial charge in [0.1, 0.15) is 11.6 Å². The van der Waals surface area contributed by atoms with Crippen molar-refractivity contribution in [3.63, 3.8) is 0 Å². The Labute approximate surface area is 154 Å². The summed E-state index contributed by atoms with van der Waals surface area (Å²) in [7, 11) is 0. The predicted octanol–water partition coefficient (Wildman–Crippen LogP) is 5.43. The van der Waals surface area contributed by atoms with Gasteiger partial charge in [-0.05, 0) is 48.5 Å². The summed E-state index contributed by atoms with van der Waals surface area (Å²) in [6.45, 7) is 0. The minimum absolute atomic E-state index is 0.103. The van der Waals surface area contributed by atoms with Crippen LogP contribution in [0.25, 0.3) is 22.2 Å². The first-order valence-corrected chi connectivity index (χ1v) is 8.33. The summed E-state index contributed by atoms with van der Waals surface area (Å²) in [5, 5.41) is 3.25. The van der Waals surface area contributed by atoms with E-state index in [4.69, 9.17) is 0 Å². The number of carbonyl (C=O) groups is 1. The first-order chi connectivity index (χ1) is 13.1. The molecular formula is C22H14F2N2O. The lowest BCUT2D eigenvalue weighted by atomic mass is 10.0. The van der Waals surface area contributed by atoms with Gasteiger partial charge in [0.15, 0.2) is 0 Å². The molecule has 5 heteroatoms. The predicted molar refractivity (Wildman–Crippen MR) is 101 cm³/mol. The largest absolute Gasteiger partial charge is 0.319 e. The van der Waals surface area contributed by atoms with Gasteiger partial charge in [0.2, 0.25) is 0 Å². The van der Waals surface area contributed by atoms with Crippen molar-refractivity contribution in [1.29, 1.82) is 0 Å². The fourth-order valence-corrected chi connectivity index (χ4v) is 2.88. The van der Waals surface area contributed by atoms with Crippen molar-refractivity contribution in [2.75, 3.05) is 5.32 Å². The number of nitrogens with zero attached hydrogens (tertiary/aromatic N) is 1. The molecule has 0 radical (unpaired) electrons. The average molecular weight is 360 g/mol. The van der Waals surface area contributed by atoms with Crippen LogP contribution in [0.1, 0.15) is 10.4 Å². The van der Waals surface area contributed by atoms with Gasteiger partial charge in [0.25, 0.3) is 5.91 Å². The van der Waals surface area contributed by atoms with Crippen LogP contribution in [-0.4, -0.2) is 10.9 Å². The molecule has 0 bridgehead atoms. The Balaban J connectivity index is 1.82. The van der Waals surface area contributed by atoms with Crippen LogP contribution < -0.4 is 5.32 Å². The Morgan fingerprint density at radius 1 is 0.852 bits per heavy atom. The molecule has 0 atom stereocenters. The lowest BCUT2D eigenvalue weighted by Crippen LogP contribution is -2.14. The molecule has 3 nitrogen and oxygen atoms in total. The molecule has 1 amide bonds. The number of hydrogen-bond donors (Lipinski definition) is 1. The fraction of sp³-hybridized carbons (Fsp3) is 0. The Morgan fingerprint density at radius 3 is 2.33 bits per heavy atom. The maximum atomic E-state index is 13.9. The lowest BCUT2D eigenvalue weighted by Gasteiger charge is -2.11. The summed E-state index contributed by atoms with van der Waals surface area (Å²) >= 11 is 0. The summed E-state index contributed by atoms with van der Waals surface area (Å²) < 4.78 is 27.1. The van der Waals surface area contributed by atoms with Gasteiger partial charge in [-0.25, -0.2) is 13.8 Å². The number of hydrogen-bond acceptors (Lipinski definition) is 2. The highest BCUT2D eigenvalue weighted by molar-refractivity contribution is 6.13. The van der Waals surface area contributed by atoms with Gasteiger partial charge in [0.05, 0.1) is 22.5 Å².